The molecule has 0 saturated carbocycles. The standard InChI is InChI=1S/C32H47B8F3N8O2S2/c1-17(50-29(33,34)31(37,38)51(55(3,52)53)32(39,40)30(50,35)36)14-49-21(13-44)10-23-18(2)19(4-5-25(23)49)15-48-8-6-20(7-9-48)47-26-24-11-22(12-28(41,42)43)54-27(24)46-16-45-26/h4-5,10-11,16-17,20H,6-9,12,14-15,33-40H2,1-3H3,(H,45,46,47). The van der Waals surface area contributed by atoms with Crippen LogP contribution in [0.2, 0.25) is 0 Å². The number of nitrogens with one attached hydrogen (secondary N) is 1. The van der Waals surface area contributed by atoms with Crippen molar-refractivity contribution in [2.24, 2.45) is 0 Å². The molecule has 0 spiro atoms. The lowest BCUT2D eigenvalue weighted by Crippen LogP contribution is -2.93. The second-order valence-electron chi connectivity index (χ2n) is 17.7. The fraction of sp³-hybridized carbons (Fsp3) is 0.531. The van der Waals surface area contributed by atoms with Gasteiger partial charge < -0.3 is 14.8 Å². The fourth-order valence-electron chi connectivity index (χ4n) is 9.72. The Morgan fingerprint density at radius 3 is 2.18 bits per heavy atom. The number of rotatable bonds is 9. The Kier molecular flexibility index (Phi) is 10.8. The maximum Gasteiger partial charge on any atom is 0.393 e. The predicted octanol–water partition coefficient (Wildman–Crippen LogP) is -3.35. The second-order valence-corrected chi connectivity index (χ2v) is 20.6. The van der Waals surface area contributed by atoms with Crippen molar-refractivity contribution in [2.75, 3.05) is 24.7 Å². The van der Waals surface area contributed by atoms with E-state index in [1.54, 1.807) is 10.4 Å². The van der Waals surface area contributed by atoms with Gasteiger partial charge in [0.15, 0.2) is 0 Å². The van der Waals surface area contributed by atoms with E-state index in [4.69, 9.17) is 0 Å². The molecule has 0 aliphatic carbocycles. The third-order valence-corrected chi connectivity index (χ3v) is 15.7. The molecule has 2 aliphatic heterocycles. The van der Waals surface area contributed by atoms with Crippen LogP contribution in [0.3, 0.4) is 0 Å². The maximum absolute atomic E-state index is 13.3. The lowest BCUT2D eigenvalue weighted by Gasteiger charge is -2.74. The molecule has 10 nitrogen and oxygen atoms in total. The molecule has 0 radical (unpaired) electrons. The summed E-state index contributed by atoms with van der Waals surface area (Å²) in [5.41, 5.74) is 3.93. The van der Waals surface area contributed by atoms with Crippen molar-refractivity contribution in [3.8, 4) is 6.07 Å². The number of hydrogen-bond donors (Lipinski definition) is 1. The molecule has 2 aliphatic rings. The number of thiophene rings is 1. The smallest absolute Gasteiger partial charge is 0.367 e. The molecule has 55 heavy (non-hydrogen) atoms. The van der Waals surface area contributed by atoms with Gasteiger partial charge in [-0.3, -0.25) is 4.90 Å². The summed E-state index contributed by atoms with van der Waals surface area (Å²) >= 11 is 1.06. The van der Waals surface area contributed by atoms with E-state index in [2.05, 4.69) is 93.1 Å². The number of hydrogen-bond acceptors (Lipinski definition) is 9. The number of halogens is 3. The summed E-state index contributed by atoms with van der Waals surface area (Å²) in [7, 11) is 13.0. The largest absolute Gasteiger partial charge is 0.393 e. The van der Waals surface area contributed by atoms with Gasteiger partial charge >= 0.3 is 6.18 Å². The summed E-state index contributed by atoms with van der Waals surface area (Å²) in [4.78, 5) is 14.2. The number of anilines is 1. The highest BCUT2D eigenvalue weighted by Crippen LogP contribution is 2.45. The first kappa shape index (κ1) is 41.9. The predicted molar refractivity (Wildman–Crippen MR) is 238 cm³/mol. The number of aromatic nitrogens is 3. The molecule has 2 saturated heterocycles. The molecular weight excluding hydrogens is 736 g/mol. The van der Waals surface area contributed by atoms with E-state index >= 15 is 0 Å². The minimum Gasteiger partial charge on any atom is -0.367 e. The van der Waals surface area contributed by atoms with Crippen LogP contribution in [0, 0.1) is 18.3 Å². The molecule has 1 N–H and O–H groups in total. The van der Waals surface area contributed by atoms with Crippen molar-refractivity contribution in [3.05, 3.63) is 52.3 Å². The fourth-order valence-corrected chi connectivity index (χ4v) is 12.8. The van der Waals surface area contributed by atoms with E-state index in [-0.39, 0.29) is 17.0 Å². The highest BCUT2D eigenvalue weighted by molar-refractivity contribution is 7.88. The van der Waals surface area contributed by atoms with E-state index in [0.29, 0.717) is 28.3 Å². The van der Waals surface area contributed by atoms with Gasteiger partial charge in [-0.05, 0) is 77.4 Å². The normalized spacial score (nSPS) is 21.4. The van der Waals surface area contributed by atoms with Gasteiger partial charge in [-0.1, -0.05) is 6.07 Å². The lowest BCUT2D eigenvalue weighted by atomic mass is 9.27. The Hall–Kier alpha value is -2.77. The minimum atomic E-state index is -4.27. The van der Waals surface area contributed by atoms with Crippen LogP contribution in [0.5, 0.6) is 0 Å². The molecule has 1 aromatic carbocycles. The number of benzene rings is 1. The Bertz CT molecular complexity index is 2240. The van der Waals surface area contributed by atoms with Crippen molar-refractivity contribution in [3.63, 3.8) is 0 Å². The van der Waals surface area contributed by atoms with Crippen LogP contribution in [-0.4, -0.2) is 159 Å². The van der Waals surface area contributed by atoms with Crippen LogP contribution >= 0.6 is 11.3 Å². The third kappa shape index (κ3) is 7.43. The van der Waals surface area contributed by atoms with E-state index in [1.807, 2.05) is 37.5 Å². The molecule has 4 aromatic rings. The Balaban J connectivity index is 1.18. The Labute approximate surface area is 334 Å². The number of piperidine rings is 1. The van der Waals surface area contributed by atoms with Crippen molar-refractivity contribution in [1.82, 2.24) is 28.6 Å². The van der Waals surface area contributed by atoms with E-state index < -0.39 is 44.0 Å². The van der Waals surface area contributed by atoms with Gasteiger partial charge in [0.1, 0.15) is 91.5 Å². The van der Waals surface area contributed by atoms with Crippen molar-refractivity contribution >= 4 is 111 Å². The number of alkyl halides is 3. The highest BCUT2D eigenvalue weighted by Gasteiger charge is 2.64. The Morgan fingerprint density at radius 2 is 1.62 bits per heavy atom. The molecule has 2 fully saturated rings. The molecule has 1 atom stereocenters. The van der Waals surface area contributed by atoms with Gasteiger partial charge in [-0.25, -0.2) is 22.7 Å². The topological polar surface area (TPSA) is 110 Å². The Morgan fingerprint density at radius 1 is 1.00 bits per heavy atom. The summed E-state index contributed by atoms with van der Waals surface area (Å²) in [6.07, 6.45) is -0.822. The average Bonchev–Trinajstić information content (AvgIpc) is 3.61. The minimum absolute atomic E-state index is 0.0528. The van der Waals surface area contributed by atoms with E-state index in [0.717, 1.165) is 60.3 Å². The number of fused-ring (bicyclic) bond motifs is 2. The van der Waals surface area contributed by atoms with Crippen LogP contribution in [0.4, 0.5) is 19.0 Å². The first-order chi connectivity index (χ1) is 25.3. The zero-order chi connectivity index (χ0) is 40.7. The molecule has 0 amide bonds. The highest BCUT2D eigenvalue weighted by atomic mass is 32.2. The SMILES string of the molecule is BC1(B)N(C(C)Cn2c(C#N)cc3c(C)c(CN4CCC(Nc5ncnc6sc(CC(F)(F)F)cc56)CC4)ccc32)C(B)(B)C(B)(B)N(S(C)(=O)=O)C1(B)B. The maximum atomic E-state index is 13.3. The molecule has 3 aromatic heterocycles. The molecule has 1 unspecified atom stereocenters. The van der Waals surface area contributed by atoms with Crippen molar-refractivity contribution in [2.45, 2.75) is 85.8 Å². The molecule has 5 heterocycles. The summed E-state index contributed by atoms with van der Waals surface area (Å²) < 4.78 is 69.6. The van der Waals surface area contributed by atoms with Gasteiger partial charge in [0, 0.05) is 54.0 Å². The van der Waals surface area contributed by atoms with Crippen molar-refractivity contribution in [1.29, 1.82) is 5.26 Å². The molecule has 284 valence electrons. The summed E-state index contributed by atoms with van der Waals surface area (Å²) in [6, 6.07) is 10.4. The van der Waals surface area contributed by atoms with Crippen LogP contribution in [0.15, 0.2) is 30.6 Å². The van der Waals surface area contributed by atoms with E-state index in [1.165, 1.54) is 18.1 Å². The number of piperazine rings is 1. The van der Waals surface area contributed by atoms with Crippen molar-refractivity contribution < 1.29 is 21.6 Å². The van der Waals surface area contributed by atoms with Crippen LogP contribution < -0.4 is 5.32 Å². The van der Waals surface area contributed by atoms with E-state index in [9.17, 15) is 26.9 Å². The quantitative estimate of drug-likeness (QED) is 0.176. The zero-order valence-electron chi connectivity index (χ0n) is 33.9. The molecular formula is C32H47B8F3N8O2S2. The number of likely N-dealkylation sites (tertiary alicyclic amines) is 1. The molecule has 6 rings (SSSR count). The number of nitrogens with zero attached hydrogens (tertiary/aromatic N) is 7. The first-order valence-electron chi connectivity index (χ1n) is 18.9. The van der Waals surface area contributed by atoms with Gasteiger partial charge in [-0.2, -0.15) is 18.4 Å². The first-order valence-corrected chi connectivity index (χ1v) is 21.6. The summed E-state index contributed by atoms with van der Waals surface area (Å²) in [6.45, 7) is 7.31. The average molecular weight is 783 g/mol. The molecule has 23 heteroatoms. The lowest BCUT2D eigenvalue weighted by molar-refractivity contribution is -0.126. The van der Waals surface area contributed by atoms with Crippen LogP contribution in [0.25, 0.3) is 21.1 Å². The second kappa shape index (κ2) is 14.3. The van der Waals surface area contributed by atoms with Crippen LogP contribution in [-0.2, 0) is 29.5 Å². The monoisotopic (exact) mass is 784 g/mol. The van der Waals surface area contributed by atoms with Crippen LogP contribution in [0.1, 0.15) is 41.5 Å². The van der Waals surface area contributed by atoms with Gasteiger partial charge in [-0.15, -0.1) is 11.3 Å². The van der Waals surface area contributed by atoms with Gasteiger partial charge in [0.2, 0.25) is 10.0 Å². The number of sulfonamides is 1. The zero-order valence-corrected chi connectivity index (χ0v) is 35.5. The van der Waals surface area contributed by atoms with Gasteiger partial charge in [0.05, 0.1) is 18.1 Å². The van der Waals surface area contributed by atoms with Gasteiger partial charge in [0.25, 0.3) is 0 Å². The summed E-state index contributed by atoms with van der Waals surface area (Å²) in [5.74, 6) is 0.581. The summed E-state index contributed by atoms with van der Waals surface area (Å²) in [5, 5.41) is 12.9. The number of nitriles is 1. The number of aryl methyl sites for hydroxylation is 1. The third-order valence-electron chi connectivity index (χ3n) is 13.1. The molecule has 0 bridgehead atoms.